The van der Waals surface area contributed by atoms with Crippen molar-refractivity contribution in [2.75, 3.05) is 5.32 Å². The summed E-state index contributed by atoms with van der Waals surface area (Å²) in [5, 5.41) is 11.4. The maximum Gasteiger partial charge on any atom is 0.326 e. The maximum absolute atomic E-state index is 13.1. The highest BCUT2D eigenvalue weighted by Crippen LogP contribution is 2.14. The van der Waals surface area contributed by atoms with E-state index in [-0.39, 0.29) is 5.69 Å². The molecule has 0 aliphatic rings. The molecule has 0 radical (unpaired) electrons. The summed E-state index contributed by atoms with van der Waals surface area (Å²) in [7, 11) is 0. The van der Waals surface area contributed by atoms with Gasteiger partial charge in [0.2, 0.25) is 0 Å². The van der Waals surface area contributed by atoms with Gasteiger partial charge in [-0.2, -0.15) is 0 Å². The number of hydrogen-bond acceptors (Lipinski definition) is 2. The first kappa shape index (κ1) is 10.5. The molecule has 0 unspecified atom stereocenters. The summed E-state index contributed by atoms with van der Waals surface area (Å²) in [6, 6.07) is 5.27. The largest absolute Gasteiger partial charge is 0.480 e. The second kappa shape index (κ2) is 4.60. The van der Waals surface area contributed by atoms with Crippen LogP contribution < -0.4 is 5.32 Å². The Hall–Kier alpha value is -1.58. The van der Waals surface area contributed by atoms with Gasteiger partial charge in [-0.3, -0.25) is 0 Å². The number of aliphatic carboxylic acids is 1. The van der Waals surface area contributed by atoms with Crippen LogP contribution in [-0.2, 0) is 4.79 Å². The Balaban J connectivity index is 2.77. The molecule has 0 aliphatic heterocycles. The molecule has 0 saturated heterocycles. The van der Waals surface area contributed by atoms with Crippen LogP contribution in [0.25, 0.3) is 0 Å². The van der Waals surface area contributed by atoms with Crippen LogP contribution in [0.5, 0.6) is 0 Å². The molecule has 14 heavy (non-hydrogen) atoms. The summed E-state index contributed by atoms with van der Waals surface area (Å²) in [5.41, 5.74) is 0.224. The molecule has 0 bridgehead atoms. The number of nitrogens with one attached hydrogen (secondary N) is 1. The third kappa shape index (κ3) is 2.45. The Morgan fingerprint density at radius 2 is 2.21 bits per heavy atom. The zero-order valence-corrected chi connectivity index (χ0v) is 7.83. The van der Waals surface area contributed by atoms with Crippen LogP contribution in [-0.4, -0.2) is 17.1 Å². The van der Waals surface area contributed by atoms with Crippen LogP contribution in [0.3, 0.4) is 0 Å². The van der Waals surface area contributed by atoms with Crippen molar-refractivity contribution < 1.29 is 14.3 Å². The molecule has 0 amide bonds. The molecule has 1 aromatic rings. The van der Waals surface area contributed by atoms with Gasteiger partial charge in [0.05, 0.1) is 5.69 Å². The first-order valence-electron chi connectivity index (χ1n) is 4.39. The third-order valence-electron chi connectivity index (χ3n) is 1.91. The van der Waals surface area contributed by atoms with E-state index in [4.69, 9.17) is 5.11 Å². The van der Waals surface area contributed by atoms with E-state index >= 15 is 0 Å². The van der Waals surface area contributed by atoms with Gasteiger partial charge in [0, 0.05) is 0 Å². The fourth-order valence-corrected chi connectivity index (χ4v) is 1.10. The van der Waals surface area contributed by atoms with Crippen LogP contribution in [0.2, 0.25) is 0 Å². The zero-order valence-electron chi connectivity index (χ0n) is 7.83. The Morgan fingerprint density at radius 3 is 2.71 bits per heavy atom. The van der Waals surface area contributed by atoms with Crippen LogP contribution in [0.1, 0.15) is 13.3 Å². The van der Waals surface area contributed by atoms with Crippen LogP contribution in [0.4, 0.5) is 10.1 Å². The number of rotatable bonds is 4. The number of para-hydroxylation sites is 1. The first-order chi connectivity index (χ1) is 6.65. The molecule has 0 aromatic heterocycles. The molecule has 4 heteroatoms. The van der Waals surface area contributed by atoms with E-state index in [9.17, 15) is 9.18 Å². The Labute approximate surface area is 81.6 Å². The average Bonchev–Trinajstić information content (AvgIpc) is 2.16. The Bertz CT molecular complexity index is 328. The summed E-state index contributed by atoms with van der Waals surface area (Å²) < 4.78 is 13.1. The van der Waals surface area contributed by atoms with Gasteiger partial charge >= 0.3 is 5.97 Å². The van der Waals surface area contributed by atoms with Gasteiger partial charge in [-0.05, 0) is 18.6 Å². The van der Waals surface area contributed by atoms with Crippen molar-refractivity contribution in [3.63, 3.8) is 0 Å². The third-order valence-corrected chi connectivity index (χ3v) is 1.91. The molecule has 1 atom stereocenters. The molecule has 1 aromatic carbocycles. The van der Waals surface area contributed by atoms with Crippen molar-refractivity contribution in [1.29, 1.82) is 0 Å². The molecule has 1 rings (SSSR count). The molecule has 0 spiro atoms. The topological polar surface area (TPSA) is 49.3 Å². The van der Waals surface area contributed by atoms with E-state index in [1.54, 1.807) is 19.1 Å². The van der Waals surface area contributed by atoms with E-state index in [1.165, 1.54) is 12.1 Å². The second-order valence-corrected chi connectivity index (χ2v) is 2.92. The number of halogens is 1. The quantitative estimate of drug-likeness (QED) is 0.777. The van der Waals surface area contributed by atoms with Crippen molar-refractivity contribution in [3.05, 3.63) is 30.1 Å². The molecular formula is C10H12FNO2. The summed E-state index contributed by atoms with van der Waals surface area (Å²) >= 11 is 0. The minimum Gasteiger partial charge on any atom is -0.480 e. The van der Waals surface area contributed by atoms with Gasteiger partial charge < -0.3 is 10.4 Å². The predicted octanol–water partition coefficient (Wildman–Crippen LogP) is 2.10. The van der Waals surface area contributed by atoms with E-state index < -0.39 is 17.8 Å². The monoisotopic (exact) mass is 197 g/mol. The normalized spacial score (nSPS) is 12.1. The van der Waals surface area contributed by atoms with Gasteiger partial charge in [0.25, 0.3) is 0 Å². The van der Waals surface area contributed by atoms with Gasteiger partial charge in [0.1, 0.15) is 11.9 Å². The molecule has 3 nitrogen and oxygen atoms in total. The summed E-state index contributed by atoms with van der Waals surface area (Å²) in [5.74, 6) is -1.41. The van der Waals surface area contributed by atoms with Crippen LogP contribution >= 0.6 is 0 Å². The van der Waals surface area contributed by atoms with Gasteiger partial charge in [0.15, 0.2) is 0 Å². The second-order valence-electron chi connectivity index (χ2n) is 2.92. The molecule has 0 aliphatic carbocycles. The van der Waals surface area contributed by atoms with Crippen molar-refractivity contribution in [2.24, 2.45) is 0 Å². The molecule has 76 valence electrons. The van der Waals surface area contributed by atoms with Crippen LogP contribution in [0, 0.1) is 5.82 Å². The Kier molecular flexibility index (Phi) is 3.45. The van der Waals surface area contributed by atoms with Crippen molar-refractivity contribution in [1.82, 2.24) is 0 Å². The number of benzene rings is 1. The number of hydrogen-bond donors (Lipinski definition) is 2. The van der Waals surface area contributed by atoms with E-state index in [2.05, 4.69) is 5.32 Å². The van der Waals surface area contributed by atoms with Gasteiger partial charge in [-0.15, -0.1) is 0 Å². The zero-order chi connectivity index (χ0) is 10.6. The minimum atomic E-state index is -0.976. The summed E-state index contributed by atoms with van der Waals surface area (Å²) in [6.45, 7) is 1.73. The first-order valence-corrected chi connectivity index (χ1v) is 4.39. The smallest absolute Gasteiger partial charge is 0.326 e. The predicted molar refractivity (Wildman–Crippen MR) is 51.7 cm³/mol. The Morgan fingerprint density at radius 1 is 1.57 bits per heavy atom. The summed E-state index contributed by atoms with van der Waals surface area (Å²) in [6.07, 6.45) is 0.406. The van der Waals surface area contributed by atoms with Crippen molar-refractivity contribution in [3.8, 4) is 0 Å². The molecule has 0 fully saturated rings. The number of anilines is 1. The standard InChI is InChI=1S/C10H12FNO2/c1-2-8(10(13)14)12-9-6-4-3-5-7(9)11/h3-6,8,12H,2H2,1H3,(H,13,14)/t8-/m0/s1. The van der Waals surface area contributed by atoms with Crippen LogP contribution in [0.15, 0.2) is 24.3 Å². The maximum atomic E-state index is 13.1. The lowest BCUT2D eigenvalue weighted by molar-refractivity contribution is -0.137. The van der Waals surface area contributed by atoms with Gasteiger partial charge in [-0.1, -0.05) is 19.1 Å². The number of carbonyl (C=O) groups is 1. The minimum absolute atomic E-state index is 0.224. The lowest BCUT2D eigenvalue weighted by Crippen LogP contribution is -2.28. The fraction of sp³-hybridized carbons (Fsp3) is 0.300. The van der Waals surface area contributed by atoms with Crippen molar-refractivity contribution in [2.45, 2.75) is 19.4 Å². The molecule has 0 saturated carbocycles. The molecular weight excluding hydrogens is 185 g/mol. The highest BCUT2D eigenvalue weighted by molar-refractivity contribution is 5.77. The lowest BCUT2D eigenvalue weighted by Gasteiger charge is -2.13. The highest BCUT2D eigenvalue weighted by Gasteiger charge is 2.15. The highest BCUT2D eigenvalue weighted by atomic mass is 19.1. The van der Waals surface area contributed by atoms with E-state index in [1.807, 2.05) is 0 Å². The van der Waals surface area contributed by atoms with Gasteiger partial charge in [-0.25, -0.2) is 9.18 Å². The van der Waals surface area contributed by atoms with E-state index in [0.29, 0.717) is 6.42 Å². The fourth-order valence-electron chi connectivity index (χ4n) is 1.10. The van der Waals surface area contributed by atoms with Crippen molar-refractivity contribution >= 4 is 11.7 Å². The molecule has 0 heterocycles. The number of carboxylic acids is 1. The average molecular weight is 197 g/mol. The molecule has 2 N–H and O–H groups in total. The SMILES string of the molecule is CC[C@H](Nc1ccccc1F)C(=O)O. The number of carboxylic acid groups (broad SMARTS) is 1. The van der Waals surface area contributed by atoms with E-state index in [0.717, 1.165) is 0 Å². The summed E-state index contributed by atoms with van der Waals surface area (Å²) in [4.78, 5) is 10.7. The lowest BCUT2D eigenvalue weighted by atomic mass is 10.2.